The predicted molar refractivity (Wildman–Crippen MR) is 81.3 cm³/mol. The summed E-state index contributed by atoms with van der Waals surface area (Å²) in [6.07, 6.45) is 0. The Balaban J connectivity index is 2.41. The highest BCUT2D eigenvalue weighted by Gasteiger charge is 2.22. The molecule has 2 aromatic carbocycles. The van der Waals surface area contributed by atoms with E-state index >= 15 is 0 Å². The molecule has 4 nitrogen and oxygen atoms in total. The van der Waals surface area contributed by atoms with Gasteiger partial charge in [-0.05, 0) is 42.0 Å². The molecule has 0 spiro atoms. The number of nitrogens with two attached hydrogens (primary N) is 1. The lowest BCUT2D eigenvalue weighted by Gasteiger charge is -2.20. The normalized spacial score (nSPS) is 11.4. The van der Waals surface area contributed by atoms with Gasteiger partial charge in [-0.25, -0.2) is 12.8 Å². The number of rotatable bonds is 4. The quantitative estimate of drug-likeness (QED) is 0.938. The molecule has 0 fully saturated rings. The second-order valence-corrected chi connectivity index (χ2v) is 6.78. The molecule has 0 bridgehead atoms. The van der Waals surface area contributed by atoms with Crippen molar-refractivity contribution in [2.45, 2.75) is 11.4 Å². The van der Waals surface area contributed by atoms with Gasteiger partial charge in [-0.1, -0.05) is 17.7 Å². The maximum absolute atomic E-state index is 12.9. The van der Waals surface area contributed by atoms with E-state index in [1.54, 1.807) is 6.07 Å². The van der Waals surface area contributed by atoms with Crippen LogP contribution in [0.1, 0.15) is 5.56 Å². The van der Waals surface area contributed by atoms with Crippen LogP contribution >= 0.6 is 11.6 Å². The molecule has 0 aliphatic rings. The van der Waals surface area contributed by atoms with Crippen LogP contribution in [0.3, 0.4) is 0 Å². The van der Waals surface area contributed by atoms with E-state index < -0.39 is 15.8 Å². The van der Waals surface area contributed by atoms with Crippen LogP contribution in [-0.4, -0.2) is 15.5 Å². The first-order chi connectivity index (χ1) is 9.86. The average molecular weight is 329 g/mol. The number of hydrogen-bond acceptors (Lipinski definition) is 3. The third kappa shape index (κ3) is 3.18. The van der Waals surface area contributed by atoms with E-state index in [4.69, 9.17) is 17.3 Å². The van der Waals surface area contributed by atoms with Crippen molar-refractivity contribution in [2.24, 2.45) is 5.73 Å². The molecule has 0 unspecified atom stereocenters. The Morgan fingerprint density at radius 3 is 2.33 bits per heavy atom. The van der Waals surface area contributed by atoms with E-state index in [0.29, 0.717) is 16.3 Å². The summed E-state index contributed by atoms with van der Waals surface area (Å²) < 4.78 is 39.0. The highest BCUT2D eigenvalue weighted by molar-refractivity contribution is 7.92. The van der Waals surface area contributed by atoms with E-state index in [9.17, 15) is 12.8 Å². The predicted octanol–water partition coefficient (Wildman–Crippen LogP) is 2.76. The fraction of sp³-hybridized carbons (Fsp3) is 0.143. The van der Waals surface area contributed by atoms with Crippen LogP contribution in [0.5, 0.6) is 0 Å². The van der Waals surface area contributed by atoms with Crippen molar-refractivity contribution in [1.29, 1.82) is 0 Å². The van der Waals surface area contributed by atoms with Crippen LogP contribution in [-0.2, 0) is 16.6 Å². The van der Waals surface area contributed by atoms with Gasteiger partial charge in [-0.2, -0.15) is 0 Å². The Kier molecular flexibility index (Phi) is 4.51. The summed E-state index contributed by atoms with van der Waals surface area (Å²) >= 11 is 5.99. The Bertz CT molecular complexity index is 748. The van der Waals surface area contributed by atoms with Crippen molar-refractivity contribution in [3.05, 3.63) is 58.9 Å². The molecule has 0 saturated carbocycles. The van der Waals surface area contributed by atoms with E-state index in [0.717, 1.165) is 4.31 Å². The Morgan fingerprint density at radius 2 is 1.81 bits per heavy atom. The largest absolute Gasteiger partial charge is 0.326 e. The van der Waals surface area contributed by atoms with Gasteiger partial charge < -0.3 is 5.73 Å². The zero-order valence-corrected chi connectivity index (χ0v) is 12.8. The highest BCUT2D eigenvalue weighted by atomic mass is 35.5. The summed E-state index contributed by atoms with van der Waals surface area (Å²) in [6, 6.07) is 9.57. The number of benzene rings is 2. The first kappa shape index (κ1) is 15.8. The maximum atomic E-state index is 12.9. The number of halogens is 2. The second kappa shape index (κ2) is 6.01. The molecule has 112 valence electrons. The molecule has 2 rings (SSSR count). The zero-order chi connectivity index (χ0) is 15.6. The average Bonchev–Trinajstić information content (AvgIpc) is 2.47. The van der Waals surface area contributed by atoms with Crippen molar-refractivity contribution < 1.29 is 12.8 Å². The lowest BCUT2D eigenvalue weighted by atomic mass is 10.2. The van der Waals surface area contributed by atoms with Gasteiger partial charge in [0.15, 0.2) is 0 Å². The summed E-state index contributed by atoms with van der Waals surface area (Å²) in [6.45, 7) is 0.229. The fourth-order valence-corrected chi connectivity index (χ4v) is 3.35. The van der Waals surface area contributed by atoms with Gasteiger partial charge in [-0.3, -0.25) is 4.31 Å². The van der Waals surface area contributed by atoms with Crippen molar-refractivity contribution in [1.82, 2.24) is 0 Å². The van der Waals surface area contributed by atoms with Crippen LogP contribution in [0.2, 0.25) is 5.02 Å². The Labute approximate surface area is 128 Å². The maximum Gasteiger partial charge on any atom is 0.264 e. The van der Waals surface area contributed by atoms with Gasteiger partial charge >= 0.3 is 0 Å². The highest BCUT2D eigenvalue weighted by Crippen LogP contribution is 2.25. The molecule has 2 N–H and O–H groups in total. The van der Waals surface area contributed by atoms with Gasteiger partial charge in [0.05, 0.1) is 10.6 Å². The minimum atomic E-state index is -3.77. The lowest BCUT2D eigenvalue weighted by Crippen LogP contribution is -2.26. The summed E-state index contributed by atoms with van der Waals surface area (Å²) in [5.41, 5.74) is 6.52. The van der Waals surface area contributed by atoms with E-state index in [2.05, 4.69) is 0 Å². The van der Waals surface area contributed by atoms with Crippen molar-refractivity contribution in [3.63, 3.8) is 0 Å². The lowest BCUT2D eigenvalue weighted by molar-refractivity contribution is 0.594. The fourth-order valence-electron chi connectivity index (χ4n) is 1.80. The molecule has 0 aromatic heterocycles. The number of sulfonamides is 1. The summed E-state index contributed by atoms with van der Waals surface area (Å²) in [5, 5.41) is 0.297. The monoisotopic (exact) mass is 328 g/mol. The Hall–Kier alpha value is -1.63. The minimum absolute atomic E-state index is 0.0523. The topological polar surface area (TPSA) is 63.4 Å². The Morgan fingerprint density at radius 1 is 1.19 bits per heavy atom. The molecule has 0 aliphatic heterocycles. The second-order valence-electron chi connectivity index (χ2n) is 4.41. The smallest absolute Gasteiger partial charge is 0.264 e. The molecule has 0 heterocycles. The number of nitrogens with zero attached hydrogens (tertiary/aromatic N) is 1. The molecule has 0 amide bonds. The minimum Gasteiger partial charge on any atom is -0.326 e. The van der Waals surface area contributed by atoms with Crippen LogP contribution in [0.15, 0.2) is 47.4 Å². The van der Waals surface area contributed by atoms with Crippen LogP contribution in [0.4, 0.5) is 10.1 Å². The first-order valence-electron chi connectivity index (χ1n) is 6.09. The third-order valence-corrected chi connectivity index (χ3v) is 5.23. The molecule has 0 radical (unpaired) electrons. The van der Waals surface area contributed by atoms with Crippen LogP contribution in [0.25, 0.3) is 0 Å². The van der Waals surface area contributed by atoms with E-state index in [-0.39, 0.29) is 11.4 Å². The molecule has 7 heteroatoms. The third-order valence-electron chi connectivity index (χ3n) is 3.09. The zero-order valence-electron chi connectivity index (χ0n) is 11.3. The molecule has 2 aromatic rings. The van der Waals surface area contributed by atoms with Gasteiger partial charge in [0.1, 0.15) is 5.82 Å². The van der Waals surface area contributed by atoms with Crippen molar-refractivity contribution >= 4 is 27.3 Å². The van der Waals surface area contributed by atoms with Gasteiger partial charge in [0, 0.05) is 18.6 Å². The van der Waals surface area contributed by atoms with Crippen LogP contribution < -0.4 is 10.0 Å². The standard InChI is InChI=1S/C14H14ClFN2O2S/c1-18(12-5-3-11(16)4-6-12)21(19,20)13-7-2-10(9-17)14(15)8-13/h2-8H,9,17H2,1H3. The molecule has 0 saturated heterocycles. The molecule has 21 heavy (non-hydrogen) atoms. The van der Waals surface area contributed by atoms with E-state index in [1.807, 2.05) is 0 Å². The molecule has 0 atom stereocenters. The summed E-state index contributed by atoms with van der Waals surface area (Å²) in [7, 11) is -2.37. The van der Waals surface area contributed by atoms with Crippen LogP contribution in [0, 0.1) is 5.82 Å². The SMILES string of the molecule is CN(c1ccc(F)cc1)S(=O)(=O)c1ccc(CN)c(Cl)c1. The van der Waals surface area contributed by atoms with Gasteiger partial charge in [0.2, 0.25) is 0 Å². The van der Waals surface area contributed by atoms with Crippen molar-refractivity contribution in [3.8, 4) is 0 Å². The van der Waals surface area contributed by atoms with E-state index in [1.165, 1.54) is 43.4 Å². The summed E-state index contributed by atoms with van der Waals surface area (Å²) in [5.74, 6) is -0.431. The van der Waals surface area contributed by atoms with Crippen molar-refractivity contribution in [2.75, 3.05) is 11.4 Å². The summed E-state index contributed by atoms with van der Waals surface area (Å²) in [4.78, 5) is 0.0523. The first-order valence-corrected chi connectivity index (χ1v) is 7.91. The molecular weight excluding hydrogens is 315 g/mol. The van der Waals surface area contributed by atoms with Gasteiger partial charge in [-0.15, -0.1) is 0 Å². The number of hydrogen-bond donors (Lipinski definition) is 1. The number of anilines is 1. The molecular formula is C14H14ClFN2O2S. The molecule has 0 aliphatic carbocycles. The van der Waals surface area contributed by atoms with Gasteiger partial charge in [0.25, 0.3) is 10.0 Å².